The second-order valence-corrected chi connectivity index (χ2v) is 5.70. The lowest BCUT2D eigenvalue weighted by Crippen LogP contribution is -2.06. The number of ketones is 2. The van der Waals surface area contributed by atoms with E-state index in [0.29, 0.717) is 11.1 Å². The van der Waals surface area contributed by atoms with Gasteiger partial charge in [-0.2, -0.15) is 0 Å². The molecule has 0 N–H and O–H groups in total. The molecule has 0 unspecified atom stereocenters. The minimum Gasteiger partial charge on any atom is -0.285 e. The maximum Gasteiger partial charge on any atom is 0.234 e. The van der Waals surface area contributed by atoms with Gasteiger partial charge < -0.3 is 0 Å². The summed E-state index contributed by atoms with van der Waals surface area (Å²) in [5.41, 5.74) is 1.10. The van der Waals surface area contributed by atoms with Gasteiger partial charge >= 0.3 is 0 Å². The molecule has 0 spiro atoms. The summed E-state index contributed by atoms with van der Waals surface area (Å²) in [4.78, 5) is 24.7. The molecule has 1 aliphatic rings. The van der Waals surface area contributed by atoms with Gasteiger partial charge in [0, 0.05) is 16.5 Å². The second kappa shape index (κ2) is 3.80. The van der Waals surface area contributed by atoms with Crippen LogP contribution in [0.3, 0.4) is 0 Å². The fourth-order valence-electron chi connectivity index (χ4n) is 3.59. The van der Waals surface area contributed by atoms with E-state index in [2.05, 4.69) is 18.2 Å². The van der Waals surface area contributed by atoms with E-state index in [-0.39, 0.29) is 11.6 Å². The molecule has 0 bridgehead atoms. The van der Waals surface area contributed by atoms with Gasteiger partial charge in [-0.15, -0.1) is 0 Å². The van der Waals surface area contributed by atoms with Crippen LogP contribution in [0.15, 0.2) is 60.7 Å². The molecular formula is C20H10O2. The Kier molecular flexibility index (Phi) is 2.01. The first kappa shape index (κ1) is 11.6. The first-order valence-electron chi connectivity index (χ1n) is 7.22. The third kappa shape index (κ3) is 1.25. The molecule has 102 valence electrons. The molecule has 1 aliphatic carbocycles. The summed E-state index contributed by atoms with van der Waals surface area (Å²) in [6.45, 7) is 0. The topological polar surface area (TPSA) is 34.1 Å². The average Bonchev–Trinajstić information content (AvgIpc) is 2.82. The van der Waals surface area contributed by atoms with E-state index >= 15 is 0 Å². The quantitative estimate of drug-likeness (QED) is 0.270. The van der Waals surface area contributed by atoms with Crippen LogP contribution in [0.2, 0.25) is 0 Å². The van der Waals surface area contributed by atoms with Crippen LogP contribution in [0, 0.1) is 0 Å². The number of hydrogen-bond donors (Lipinski definition) is 0. The first-order valence-corrected chi connectivity index (χ1v) is 7.22. The summed E-state index contributed by atoms with van der Waals surface area (Å²) in [7, 11) is 0. The Morgan fingerprint density at radius 1 is 0.591 bits per heavy atom. The molecule has 0 amide bonds. The Balaban J connectivity index is 2.13. The number of rotatable bonds is 0. The number of hydrogen-bond acceptors (Lipinski definition) is 2. The molecule has 22 heavy (non-hydrogen) atoms. The molecule has 5 rings (SSSR count). The smallest absolute Gasteiger partial charge is 0.234 e. The van der Waals surface area contributed by atoms with Gasteiger partial charge in [0.2, 0.25) is 11.6 Å². The van der Waals surface area contributed by atoms with Crippen molar-refractivity contribution in [1.82, 2.24) is 0 Å². The van der Waals surface area contributed by atoms with Crippen molar-refractivity contribution in [2.75, 3.05) is 0 Å². The third-order valence-electron chi connectivity index (χ3n) is 4.56. The van der Waals surface area contributed by atoms with Gasteiger partial charge in [-0.25, -0.2) is 0 Å². The van der Waals surface area contributed by atoms with Crippen LogP contribution in [-0.2, 0) is 0 Å². The Hall–Kier alpha value is -3.00. The highest BCUT2D eigenvalue weighted by molar-refractivity contribution is 6.59. The molecule has 2 heteroatoms. The summed E-state index contributed by atoms with van der Waals surface area (Å²) in [6.07, 6.45) is 0. The van der Waals surface area contributed by atoms with Crippen molar-refractivity contribution in [3.63, 3.8) is 0 Å². The first-order chi connectivity index (χ1) is 10.8. The molecule has 0 aliphatic heterocycles. The fraction of sp³-hybridized carbons (Fsp3) is 0. The lowest BCUT2D eigenvalue weighted by molar-refractivity contribution is 0.0826. The number of benzene rings is 4. The Morgan fingerprint density at radius 2 is 1.41 bits per heavy atom. The van der Waals surface area contributed by atoms with Crippen LogP contribution >= 0.6 is 0 Å². The van der Waals surface area contributed by atoms with Crippen molar-refractivity contribution >= 4 is 43.9 Å². The maximum absolute atomic E-state index is 12.5. The van der Waals surface area contributed by atoms with Crippen LogP contribution < -0.4 is 0 Å². The highest BCUT2D eigenvalue weighted by atomic mass is 16.2. The zero-order chi connectivity index (χ0) is 14.8. The van der Waals surface area contributed by atoms with Crippen molar-refractivity contribution in [3.8, 4) is 0 Å². The molecule has 0 heterocycles. The van der Waals surface area contributed by atoms with E-state index in [1.54, 1.807) is 6.07 Å². The van der Waals surface area contributed by atoms with Crippen molar-refractivity contribution in [1.29, 1.82) is 0 Å². The van der Waals surface area contributed by atoms with Crippen LogP contribution in [0.25, 0.3) is 32.3 Å². The van der Waals surface area contributed by atoms with Crippen LogP contribution in [0.1, 0.15) is 20.7 Å². The summed E-state index contributed by atoms with van der Waals surface area (Å²) in [5.74, 6) is -0.770. The Morgan fingerprint density at radius 3 is 2.32 bits per heavy atom. The SMILES string of the molecule is O=C1C(=O)c2c3ccc4ccccc4c3cc3cccc1c23. The molecule has 2 nitrogen and oxygen atoms in total. The molecule has 0 saturated carbocycles. The van der Waals surface area contributed by atoms with E-state index in [9.17, 15) is 9.59 Å². The molecule has 0 radical (unpaired) electrons. The number of Topliss-reactive ketones (excluding diaryl/α,β-unsaturated/α-hetero) is 2. The highest BCUT2D eigenvalue weighted by Crippen LogP contribution is 2.38. The largest absolute Gasteiger partial charge is 0.285 e. The molecule has 0 aromatic heterocycles. The van der Waals surface area contributed by atoms with Crippen LogP contribution in [0.5, 0.6) is 0 Å². The predicted octanol–water partition coefficient (Wildman–Crippen LogP) is 4.53. The molecule has 0 atom stereocenters. The van der Waals surface area contributed by atoms with E-state index in [0.717, 1.165) is 32.3 Å². The lowest BCUT2D eigenvalue weighted by atomic mass is 9.94. The van der Waals surface area contributed by atoms with Gasteiger partial charge in [-0.05, 0) is 33.0 Å². The fourth-order valence-corrected chi connectivity index (χ4v) is 3.59. The van der Waals surface area contributed by atoms with Crippen molar-refractivity contribution in [2.45, 2.75) is 0 Å². The number of carbonyl (C=O) groups excluding carboxylic acids is 2. The summed E-state index contributed by atoms with van der Waals surface area (Å²) in [6, 6.07) is 19.7. The minimum atomic E-state index is -0.388. The summed E-state index contributed by atoms with van der Waals surface area (Å²) < 4.78 is 0. The number of fused-ring (bicyclic) bond motifs is 4. The van der Waals surface area contributed by atoms with Crippen molar-refractivity contribution < 1.29 is 9.59 Å². The number of carbonyl (C=O) groups is 2. The molecule has 4 aromatic rings. The van der Waals surface area contributed by atoms with Gasteiger partial charge in [-0.3, -0.25) is 9.59 Å². The second-order valence-electron chi connectivity index (χ2n) is 5.70. The zero-order valence-corrected chi connectivity index (χ0v) is 11.6. The minimum absolute atomic E-state index is 0.382. The zero-order valence-electron chi connectivity index (χ0n) is 11.6. The third-order valence-corrected chi connectivity index (χ3v) is 4.56. The normalized spacial score (nSPS) is 13.6. The van der Waals surface area contributed by atoms with Gasteiger partial charge in [-0.1, -0.05) is 54.6 Å². The van der Waals surface area contributed by atoms with E-state index in [1.807, 2.05) is 36.4 Å². The maximum atomic E-state index is 12.5. The van der Waals surface area contributed by atoms with Gasteiger partial charge in [0.15, 0.2) is 0 Å². The van der Waals surface area contributed by atoms with E-state index in [4.69, 9.17) is 0 Å². The van der Waals surface area contributed by atoms with Crippen LogP contribution in [-0.4, -0.2) is 11.6 Å². The van der Waals surface area contributed by atoms with Gasteiger partial charge in [0.25, 0.3) is 0 Å². The lowest BCUT2D eigenvalue weighted by Gasteiger charge is -2.08. The monoisotopic (exact) mass is 282 g/mol. The molecular weight excluding hydrogens is 272 g/mol. The van der Waals surface area contributed by atoms with Gasteiger partial charge in [0.05, 0.1) is 0 Å². The van der Waals surface area contributed by atoms with Crippen LogP contribution in [0.4, 0.5) is 0 Å². The van der Waals surface area contributed by atoms with E-state index < -0.39 is 0 Å². The molecule has 4 aromatic carbocycles. The molecule has 0 fully saturated rings. The Labute approximate surface area is 126 Å². The van der Waals surface area contributed by atoms with E-state index in [1.165, 1.54) is 0 Å². The van der Waals surface area contributed by atoms with Crippen molar-refractivity contribution in [2.24, 2.45) is 0 Å². The Bertz CT molecular complexity index is 1150. The standard InChI is InChI=1S/C20H10O2/c21-19-15-7-3-5-12-10-16-13-6-2-1-4-11(13)8-9-14(16)18(17(12)15)20(19)22/h1-10H. The van der Waals surface area contributed by atoms with Crippen molar-refractivity contribution in [3.05, 3.63) is 71.8 Å². The summed E-state index contributed by atoms with van der Waals surface area (Å²) in [5, 5.41) is 5.90. The predicted molar refractivity (Wildman–Crippen MR) is 87.6 cm³/mol. The summed E-state index contributed by atoms with van der Waals surface area (Å²) >= 11 is 0. The average molecular weight is 282 g/mol. The highest BCUT2D eigenvalue weighted by Gasteiger charge is 2.32. The molecule has 0 saturated heterocycles. The van der Waals surface area contributed by atoms with Gasteiger partial charge in [0.1, 0.15) is 0 Å².